The summed E-state index contributed by atoms with van der Waals surface area (Å²) in [7, 11) is 0. The highest BCUT2D eigenvalue weighted by Crippen LogP contribution is 2.19. The zero-order chi connectivity index (χ0) is 12.1. The van der Waals surface area contributed by atoms with Crippen LogP contribution in [0.15, 0.2) is 18.2 Å². The number of phenols is 1. The van der Waals surface area contributed by atoms with Crippen LogP contribution in [0.4, 0.5) is 4.39 Å². The van der Waals surface area contributed by atoms with E-state index >= 15 is 0 Å². The van der Waals surface area contributed by atoms with Crippen LogP contribution in [0.5, 0.6) is 5.75 Å². The molecule has 1 amide bonds. The van der Waals surface area contributed by atoms with Crippen LogP contribution >= 0.6 is 0 Å². The third-order valence-electron chi connectivity index (χ3n) is 2.16. The van der Waals surface area contributed by atoms with E-state index in [1.165, 1.54) is 12.1 Å². The van der Waals surface area contributed by atoms with Gasteiger partial charge in [0.1, 0.15) is 17.1 Å². The number of aromatic hydroxyl groups is 1. The van der Waals surface area contributed by atoms with Crippen molar-refractivity contribution in [2.45, 2.75) is 19.4 Å². The van der Waals surface area contributed by atoms with Gasteiger partial charge in [-0.25, -0.2) is 4.39 Å². The minimum Gasteiger partial charge on any atom is -0.507 e. The Hall–Kier alpha value is -1.62. The second-order valence-corrected chi connectivity index (χ2v) is 3.52. The van der Waals surface area contributed by atoms with E-state index in [9.17, 15) is 14.3 Å². The largest absolute Gasteiger partial charge is 0.507 e. The van der Waals surface area contributed by atoms with Crippen LogP contribution < -0.4 is 5.32 Å². The lowest BCUT2D eigenvalue weighted by atomic mass is 10.1. The van der Waals surface area contributed by atoms with Gasteiger partial charge in [0.15, 0.2) is 0 Å². The molecule has 0 bridgehead atoms. The maximum Gasteiger partial charge on any atom is 0.258 e. The average molecular weight is 227 g/mol. The molecule has 3 N–H and O–H groups in total. The molecule has 5 heteroatoms. The van der Waals surface area contributed by atoms with Crippen molar-refractivity contribution in [2.24, 2.45) is 0 Å². The van der Waals surface area contributed by atoms with Gasteiger partial charge in [-0.2, -0.15) is 0 Å². The van der Waals surface area contributed by atoms with E-state index in [4.69, 9.17) is 5.11 Å². The number of carbonyl (C=O) groups is 1. The molecule has 0 aliphatic carbocycles. The minimum absolute atomic E-state index is 0.0648. The van der Waals surface area contributed by atoms with Gasteiger partial charge in [0, 0.05) is 12.6 Å². The van der Waals surface area contributed by atoms with Crippen LogP contribution in [0.2, 0.25) is 0 Å². The fourth-order valence-electron chi connectivity index (χ4n) is 1.30. The molecular weight excluding hydrogens is 213 g/mol. The highest BCUT2D eigenvalue weighted by Gasteiger charge is 2.17. The van der Waals surface area contributed by atoms with Gasteiger partial charge in [0.25, 0.3) is 5.91 Å². The summed E-state index contributed by atoms with van der Waals surface area (Å²) in [6.45, 7) is 1.62. The number of carbonyl (C=O) groups excluding carboxylic acids is 1. The summed E-state index contributed by atoms with van der Waals surface area (Å²) in [5.41, 5.74) is -0.368. The Labute approximate surface area is 92.7 Å². The first kappa shape index (κ1) is 12.4. The van der Waals surface area contributed by atoms with Crippen molar-refractivity contribution in [3.8, 4) is 5.75 Å². The predicted molar refractivity (Wildman–Crippen MR) is 56.7 cm³/mol. The third-order valence-corrected chi connectivity index (χ3v) is 2.16. The molecule has 88 valence electrons. The molecule has 4 nitrogen and oxygen atoms in total. The maximum absolute atomic E-state index is 13.3. The second-order valence-electron chi connectivity index (χ2n) is 3.52. The van der Waals surface area contributed by atoms with Gasteiger partial charge in [0.05, 0.1) is 0 Å². The van der Waals surface area contributed by atoms with Crippen molar-refractivity contribution in [1.82, 2.24) is 5.32 Å². The number of amides is 1. The van der Waals surface area contributed by atoms with Crippen molar-refractivity contribution >= 4 is 5.91 Å². The number of aliphatic hydroxyl groups excluding tert-OH is 1. The number of rotatable bonds is 4. The highest BCUT2D eigenvalue weighted by atomic mass is 19.1. The van der Waals surface area contributed by atoms with Crippen molar-refractivity contribution in [2.75, 3.05) is 6.61 Å². The monoisotopic (exact) mass is 227 g/mol. The van der Waals surface area contributed by atoms with E-state index in [2.05, 4.69) is 5.32 Å². The zero-order valence-corrected chi connectivity index (χ0v) is 8.90. The van der Waals surface area contributed by atoms with Crippen LogP contribution in [0.1, 0.15) is 23.7 Å². The molecule has 1 aromatic carbocycles. The normalized spacial score (nSPS) is 12.2. The van der Waals surface area contributed by atoms with Crippen LogP contribution in [-0.2, 0) is 0 Å². The average Bonchev–Trinajstić information content (AvgIpc) is 2.17. The van der Waals surface area contributed by atoms with Crippen molar-refractivity contribution in [1.29, 1.82) is 0 Å². The summed E-state index contributed by atoms with van der Waals surface area (Å²) < 4.78 is 13.3. The molecule has 1 rings (SSSR count). The van der Waals surface area contributed by atoms with E-state index in [1.54, 1.807) is 6.92 Å². The first-order chi connectivity index (χ1) is 7.56. The molecule has 0 heterocycles. The Bertz CT molecular complexity index is 361. The Kier molecular flexibility index (Phi) is 4.25. The van der Waals surface area contributed by atoms with Crippen LogP contribution in [0, 0.1) is 5.82 Å². The molecule has 0 aromatic heterocycles. The van der Waals surface area contributed by atoms with E-state index in [-0.39, 0.29) is 18.2 Å². The summed E-state index contributed by atoms with van der Waals surface area (Å²) in [5, 5.41) is 20.5. The van der Waals surface area contributed by atoms with Crippen molar-refractivity contribution < 1.29 is 19.4 Å². The minimum atomic E-state index is -0.770. The lowest BCUT2D eigenvalue weighted by Gasteiger charge is -2.13. The topological polar surface area (TPSA) is 69.6 Å². The molecule has 0 spiro atoms. The number of phenolic OH excluding ortho intramolecular Hbond substituents is 1. The third kappa shape index (κ3) is 2.93. The molecule has 0 saturated heterocycles. The molecule has 0 aliphatic rings. The molecule has 0 saturated carbocycles. The number of hydrogen-bond acceptors (Lipinski definition) is 3. The van der Waals surface area contributed by atoms with E-state index < -0.39 is 17.5 Å². The van der Waals surface area contributed by atoms with Gasteiger partial charge in [0.2, 0.25) is 0 Å². The Morgan fingerprint density at radius 1 is 1.56 bits per heavy atom. The molecule has 0 fully saturated rings. The summed E-state index contributed by atoms with van der Waals surface area (Å²) in [6.07, 6.45) is 0.376. The van der Waals surface area contributed by atoms with Crippen LogP contribution in [0.3, 0.4) is 0 Å². The van der Waals surface area contributed by atoms with E-state index in [1.807, 2.05) is 0 Å². The fourth-order valence-corrected chi connectivity index (χ4v) is 1.30. The van der Waals surface area contributed by atoms with Gasteiger partial charge < -0.3 is 15.5 Å². The standard InChI is InChI=1S/C11H14FNO3/c1-7(5-6-14)13-11(16)10-8(12)3-2-4-9(10)15/h2-4,7,14-15H,5-6H2,1H3,(H,13,16)/t7-/m1/s1. The van der Waals surface area contributed by atoms with E-state index in [0.717, 1.165) is 6.07 Å². The Morgan fingerprint density at radius 2 is 2.25 bits per heavy atom. The molecule has 0 aliphatic heterocycles. The smallest absolute Gasteiger partial charge is 0.258 e. The second kappa shape index (κ2) is 5.46. The summed E-state index contributed by atoms with van der Waals surface area (Å²) in [5.74, 6) is -1.85. The SMILES string of the molecule is C[C@H](CCO)NC(=O)c1c(O)cccc1F. The van der Waals surface area contributed by atoms with Crippen molar-refractivity contribution in [3.63, 3.8) is 0 Å². The summed E-state index contributed by atoms with van der Waals surface area (Å²) in [6, 6.07) is 3.38. The molecule has 1 aromatic rings. The van der Waals surface area contributed by atoms with Gasteiger partial charge in [-0.3, -0.25) is 4.79 Å². The highest BCUT2D eigenvalue weighted by molar-refractivity contribution is 5.97. The fraction of sp³-hybridized carbons (Fsp3) is 0.364. The number of nitrogens with one attached hydrogen (secondary N) is 1. The van der Waals surface area contributed by atoms with E-state index in [0.29, 0.717) is 6.42 Å². The summed E-state index contributed by atoms with van der Waals surface area (Å²) in [4.78, 5) is 11.6. The maximum atomic E-state index is 13.3. The number of benzene rings is 1. The Balaban J connectivity index is 2.80. The lowest BCUT2D eigenvalue weighted by Crippen LogP contribution is -2.33. The lowest BCUT2D eigenvalue weighted by molar-refractivity contribution is 0.0927. The number of halogens is 1. The Morgan fingerprint density at radius 3 is 2.81 bits per heavy atom. The molecule has 16 heavy (non-hydrogen) atoms. The van der Waals surface area contributed by atoms with Gasteiger partial charge in [-0.1, -0.05) is 6.07 Å². The molecule has 0 radical (unpaired) electrons. The van der Waals surface area contributed by atoms with Gasteiger partial charge in [-0.15, -0.1) is 0 Å². The predicted octanol–water partition coefficient (Wildman–Crippen LogP) is 1.03. The summed E-state index contributed by atoms with van der Waals surface area (Å²) >= 11 is 0. The quantitative estimate of drug-likeness (QED) is 0.719. The van der Waals surface area contributed by atoms with Gasteiger partial charge in [-0.05, 0) is 25.5 Å². The molecular formula is C11H14FNO3. The molecule has 0 unspecified atom stereocenters. The number of hydrogen-bond donors (Lipinski definition) is 3. The van der Waals surface area contributed by atoms with Crippen molar-refractivity contribution in [3.05, 3.63) is 29.6 Å². The first-order valence-electron chi connectivity index (χ1n) is 4.95. The van der Waals surface area contributed by atoms with Gasteiger partial charge >= 0.3 is 0 Å². The number of aliphatic hydroxyl groups is 1. The zero-order valence-electron chi connectivity index (χ0n) is 8.90. The molecule has 1 atom stereocenters. The van der Waals surface area contributed by atoms with Crippen LogP contribution in [0.25, 0.3) is 0 Å². The van der Waals surface area contributed by atoms with Crippen LogP contribution in [-0.4, -0.2) is 28.8 Å². The first-order valence-corrected chi connectivity index (χ1v) is 4.95.